The largest absolute Gasteiger partial charge is 0.394 e. The number of hydrogen-bond acceptors (Lipinski definition) is 6. The monoisotopic (exact) mass is 178 g/mol. The molecular formula is C6H10O6. The SMILES string of the molecule is O=CC(=O)[C@@H](O)[C@@H](O)[C@H](O)CO. The Morgan fingerprint density at radius 2 is 1.83 bits per heavy atom. The Morgan fingerprint density at radius 3 is 2.17 bits per heavy atom. The molecule has 0 aromatic heterocycles. The minimum Gasteiger partial charge on any atom is -0.394 e. The van der Waals surface area contributed by atoms with E-state index in [1.807, 2.05) is 0 Å². The minimum atomic E-state index is -1.98. The van der Waals surface area contributed by atoms with E-state index in [-0.39, 0.29) is 6.29 Å². The molecule has 3 atom stereocenters. The van der Waals surface area contributed by atoms with E-state index in [0.29, 0.717) is 0 Å². The summed E-state index contributed by atoms with van der Waals surface area (Å²) in [5.74, 6) is -1.24. The van der Waals surface area contributed by atoms with Crippen LogP contribution >= 0.6 is 0 Å². The van der Waals surface area contributed by atoms with Crippen LogP contribution in [0.2, 0.25) is 0 Å². The van der Waals surface area contributed by atoms with E-state index in [2.05, 4.69) is 0 Å². The Hall–Kier alpha value is -0.820. The number of aldehydes is 1. The van der Waals surface area contributed by atoms with Crippen LogP contribution in [0.15, 0.2) is 0 Å². The van der Waals surface area contributed by atoms with E-state index in [4.69, 9.17) is 20.4 Å². The van der Waals surface area contributed by atoms with Crippen LogP contribution in [0.1, 0.15) is 0 Å². The molecule has 12 heavy (non-hydrogen) atoms. The second-order valence-electron chi connectivity index (χ2n) is 2.21. The average Bonchev–Trinajstić information content (AvgIpc) is 2.12. The summed E-state index contributed by atoms with van der Waals surface area (Å²) in [7, 11) is 0. The highest BCUT2D eigenvalue weighted by molar-refractivity contribution is 6.27. The molecule has 0 saturated heterocycles. The molecule has 0 spiro atoms. The quantitative estimate of drug-likeness (QED) is 0.261. The van der Waals surface area contributed by atoms with Gasteiger partial charge in [0.2, 0.25) is 5.78 Å². The van der Waals surface area contributed by atoms with E-state index >= 15 is 0 Å². The Kier molecular flexibility index (Phi) is 4.60. The third kappa shape index (κ3) is 2.67. The first-order valence-electron chi connectivity index (χ1n) is 3.18. The predicted molar refractivity (Wildman–Crippen MR) is 36.2 cm³/mol. The number of ketones is 1. The number of hydrogen-bond donors (Lipinski definition) is 4. The second-order valence-corrected chi connectivity index (χ2v) is 2.21. The van der Waals surface area contributed by atoms with Crippen LogP contribution in [0.5, 0.6) is 0 Å². The van der Waals surface area contributed by atoms with Crippen molar-refractivity contribution in [2.24, 2.45) is 0 Å². The fraction of sp³-hybridized carbons (Fsp3) is 0.667. The Balaban J connectivity index is 4.17. The van der Waals surface area contributed by atoms with Crippen molar-refractivity contribution in [2.45, 2.75) is 18.3 Å². The van der Waals surface area contributed by atoms with Crippen molar-refractivity contribution in [3.05, 3.63) is 0 Å². The summed E-state index contributed by atoms with van der Waals surface area (Å²) in [5.41, 5.74) is 0. The molecule has 0 saturated carbocycles. The Labute approximate surface area is 68.1 Å². The van der Waals surface area contributed by atoms with Crippen LogP contribution < -0.4 is 0 Å². The van der Waals surface area contributed by atoms with Gasteiger partial charge in [-0.25, -0.2) is 0 Å². The van der Waals surface area contributed by atoms with E-state index in [0.717, 1.165) is 0 Å². The van der Waals surface area contributed by atoms with Crippen molar-refractivity contribution < 1.29 is 30.0 Å². The molecular weight excluding hydrogens is 168 g/mol. The van der Waals surface area contributed by atoms with Crippen LogP contribution in [0.25, 0.3) is 0 Å². The fourth-order valence-electron chi connectivity index (χ4n) is 0.556. The van der Waals surface area contributed by atoms with Crippen molar-refractivity contribution in [3.63, 3.8) is 0 Å². The van der Waals surface area contributed by atoms with Gasteiger partial charge in [-0.2, -0.15) is 0 Å². The topological polar surface area (TPSA) is 115 Å². The molecule has 0 rings (SSSR count). The maximum atomic E-state index is 10.4. The Bertz CT molecular complexity index is 167. The summed E-state index contributed by atoms with van der Waals surface area (Å²) < 4.78 is 0. The van der Waals surface area contributed by atoms with Gasteiger partial charge >= 0.3 is 0 Å². The Morgan fingerprint density at radius 1 is 1.33 bits per heavy atom. The van der Waals surface area contributed by atoms with Crippen molar-refractivity contribution in [1.29, 1.82) is 0 Å². The zero-order chi connectivity index (χ0) is 9.72. The highest BCUT2D eigenvalue weighted by Gasteiger charge is 2.29. The minimum absolute atomic E-state index is 0.169. The lowest BCUT2D eigenvalue weighted by Gasteiger charge is -2.18. The zero-order valence-corrected chi connectivity index (χ0v) is 6.12. The molecule has 6 heteroatoms. The lowest BCUT2D eigenvalue weighted by atomic mass is 10.1. The average molecular weight is 178 g/mol. The molecule has 0 heterocycles. The molecule has 0 bridgehead atoms. The highest BCUT2D eigenvalue weighted by atomic mass is 16.4. The number of rotatable bonds is 5. The molecule has 0 unspecified atom stereocenters. The molecule has 0 amide bonds. The smallest absolute Gasteiger partial charge is 0.226 e. The van der Waals surface area contributed by atoms with Crippen LogP contribution in [0.4, 0.5) is 0 Å². The number of carbonyl (C=O) groups is 2. The van der Waals surface area contributed by atoms with E-state index in [9.17, 15) is 9.59 Å². The summed E-state index contributed by atoms with van der Waals surface area (Å²) in [5, 5.41) is 34.6. The van der Waals surface area contributed by atoms with Crippen LogP contribution in [0.3, 0.4) is 0 Å². The van der Waals surface area contributed by atoms with Crippen molar-refractivity contribution in [3.8, 4) is 0 Å². The van der Waals surface area contributed by atoms with Gasteiger partial charge in [0, 0.05) is 0 Å². The van der Waals surface area contributed by atoms with Gasteiger partial charge in [0.25, 0.3) is 0 Å². The summed E-state index contributed by atoms with van der Waals surface area (Å²) in [4.78, 5) is 20.2. The maximum Gasteiger partial charge on any atom is 0.226 e. The van der Waals surface area contributed by atoms with Gasteiger partial charge in [-0.3, -0.25) is 9.59 Å². The van der Waals surface area contributed by atoms with Gasteiger partial charge in [0.1, 0.15) is 18.3 Å². The van der Waals surface area contributed by atoms with Crippen LogP contribution in [-0.4, -0.2) is 57.4 Å². The number of Topliss-reactive ketones (excluding diaryl/α,β-unsaturated/α-hetero) is 1. The van der Waals surface area contributed by atoms with Gasteiger partial charge in [-0.1, -0.05) is 0 Å². The number of aliphatic hydroxyl groups excluding tert-OH is 4. The fourth-order valence-corrected chi connectivity index (χ4v) is 0.556. The van der Waals surface area contributed by atoms with Crippen LogP contribution in [0, 0.1) is 0 Å². The van der Waals surface area contributed by atoms with Gasteiger partial charge in [-0.05, 0) is 0 Å². The summed E-state index contributed by atoms with van der Waals surface area (Å²) in [6.07, 6.45) is -5.63. The molecule has 4 N–H and O–H groups in total. The summed E-state index contributed by atoms with van der Waals surface area (Å²) >= 11 is 0. The number of carbonyl (C=O) groups excluding carboxylic acids is 2. The lowest BCUT2D eigenvalue weighted by molar-refractivity contribution is -0.145. The van der Waals surface area contributed by atoms with Gasteiger partial charge in [0.05, 0.1) is 6.61 Å². The molecule has 70 valence electrons. The van der Waals surface area contributed by atoms with Crippen LogP contribution in [-0.2, 0) is 9.59 Å². The molecule has 6 nitrogen and oxygen atoms in total. The van der Waals surface area contributed by atoms with Crippen molar-refractivity contribution in [1.82, 2.24) is 0 Å². The van der Waals surface area contributed by atoms with E-state index in [1.165, 1.54) is 0 Å². The first kappa shape index (κ1) is 11.2. The van der Waals surface area contributed by atoms with Crippen molar-refractivity contribution in [2.75, 3.05) is 6.61 Å². The standard InChI is InChI=1S/C6H10O6/c7-1-3(9)5(11)6(12)4(10)2-8/h1,4-6,8,10-12H,2H2/t4-,5-,6+/m1/s1. The normalized spacial score (nSPS) is 18.0. The van der Waals surface area contributed by atoms with E-state index in [1.54, 1.807) is 0 Å². The summed E-state index contributed by atoms with van der Waals surface area (Å²) in [6, 6.07) is 0. The van der Waals surface area contributed by atoms with Crippen molar-refractivity contribution >= 4 is 12.1 Å². The van der Waals surface area contributed by atoms with Gasteiger partial charge in [0.15, 0.2) is 6.29 Å². The first-order chi connectivity index (χ1) is 5.54. The zero-order valence-electron chi connectivity index (χ0n) is 6.12. The molecule has 0 fully saturated rings. The highest BCUT2D eigenvalue weighted by Crippen LogP contribution is 1.99. The van der Waals surface area contributed by atoms with Gasteiger partial charge < -0.3 is 20.4 Å². The summed E-state index contributed by atoms with van der Waals surface area (Å²) in [6.45, 7) is -0.801. The molecule has 0 aliphatic heterocycles. The first-order valence-corrected chi connectivity index (χ1v) is 3.18. The second kappa shape index (κ2) is 4.94. The molecule has 0 aromatic rings. The molecule has 0 aliphatic rings. The molecule has 0 radical (unpaired) electrons. The lowest BCUT2D eigenvalue weighted by Crippen LogP contribution is -2.44. The third-order valence-corrected chi connectivity index (χ3v) is 1.31. The molecule has 0 aliphatic carbocycles. The molecule has 0 aromatic carbocycles. The number of aliphatic hydroxyl groups is 4. The maximum absolute atomic E-state index is 10.4. The van der Waals surface area contributed by atoms with E-state index < -0.39 is 30.7 Å². The predicted octanol–water partition coefficient (Wildman–Crippen LogP) is -3.17. The third-order valence-electron chi connectivity index (χ3n) is 1.31. The van der Waals surface area contributed by atoms with Gasteiger partial charge in [-0.15, -0.1) is 0 Å².